The van der Waals surface area contributed by atoms with E-state index in [9.17, 15) is 29.8 Å². The van der Waals surface area contributed by atoms with Gasteiger partial charge < -0.3 is 21.4 Å². The Hall–Kier alpha value is -6.62. The Kier molecular flexibility index (Phi) is 9.21. The van der Waals surface area contributed by atoms with Gasteiger partial charge in [0, 0.05) is 54.0 Å². The van der Waals surface area contributed by atoms with Gasteiger partial charge >= 0.3 is 0 Å². The predicted molar refractivity (Wildman–Crippen MR) is 165 cm³/mol. The van der Waals surface area contributed by atoms with Gasteiger partial charge in [0.1, 0.15) is 23.9 Å². The molecular formula is C30H24N8O6. The first-order valence-corrected chi connectivity index (χ1v) is 12.8. The maximum atomic E-state index is 11.0. The maximum Gasteiger partial charge on any atom is 0.288 e. The number of hydrogen-bond donors (Lipinski definition) is 4. The maximum absolute atomic E-state index is 11.0. The van der Waals surface area contributed by atoms with Crippen LogP contribution in [0.25, 0.3) is 22.3 Å². The van der Waals surface area contributed by atoms with Crippen molar-refractivity contribution in [2.24, 2.45) is 0 Å². The van der Waals surface area contributed by atoms with Crippen LogP contribution in [0.15, 0.2) is 79.1 Å². The molecule has 0 fully saturated rings. The lowest BCUT2D eigenvalue weighted by Crippen LogP contribution is -2.05. The molecule has 0 aliphatic carbocycles. The number of aromatic amines is 1. The van der Waals surface area contributed by atoms with Crippen molar-refractivity contribution in [3.63, 3.8) is 0 Å². The Labute approximate surface area is 249 Å². The molecule has 5 aromatic rings. The Morgan fingerprint density at radius 3 is 1.91 bits per heavy atom. The van der Waals surface area contributed by atoms with Gasteiger partial charge in [-0.1, -0.05) is 24.0 Å². The van der Waals surface area contributed by atoms with Gasteiger partial charge in [-0.05, 0) is 48.0 Å². The van der Waals surface area contributed by atoms with Crippen molar-refractivity contribution in [3.8, 4) is 23.1 Å². The number of nitrogens with zero attached hydrogens (tertiary/aromatic N) is 4. The molecule has 0 bridgehead atoms. The number of carbonyl (C=O) groups is 2. The van der Waals surface area contributed by atoms with Gasteiger partial charge in [0.2, 0.25) is 11.8 Å². The van der Waals surface area contributed by atoms with E-state index in [1.165, 1.54) is 32.2 Å². The fraction of sp³-hybridized carbons (Fsp3) is 0.0667. The molecule has 0 saturated heterocycles. The van der Waals surface area contributed by atoms with Crippen LogP contribution >= 0.6 is 0 Å². The summed E-state index contributed by atoms with van der Waals surface area (Å²) < 4.78 is 0. The highest BCUT2D eigenvalue weighted by molar-refractivity contribution is 5.90. The summed E-state index contributed by atoms with van der Waals surface area (Å²) in [5.74, 6) is 5.44. The van der Waals surface area contributed by atoms with E-state index in [0.717, 1.165) is 17.5 Å². The summed E-state index contributed by atoms with van der Waals surface area (Å²) in [6, 6.07) is 18.7. The molecule has 0 radical (unpaired) electrons. The van der Waals surface area contributed by atoms with Crippen LogP contribution < -0.4 is 16.4 Å². The Morgan fingerprint density at radius 1 is 0.795 bits per heavy atom. The lowest BCUT2D eigenvalue weighted by atomic mass is 10.1. The van der Waals surface area contributed by atoms with Crippen LogP contribution in [0.3, 0.4) is 0 Å². The second-order valence-electron chi connectivity index (χ2n) is 9.22. The second-order valence-corrected chi connectivity index (χ2v) is 9.22. The van der Waals surface area contributed by atoms with Gasteiger partial charge in [-0.25, -0.2) is 9.97 Å². The van der Waals surface area contributed by atoms with Gasteiger partial charge in [0.25, 0.3) is 11.4 Å². The largest absolute Gasteiger partial charge is 0.383 e. The summed E-state index contributed by atoms with van der Waals surface area (Å²) in [4.78, 5) is 53.3. The van der Waals surface area contributed by atoms with E-state index in [1.807, 2.05) is 18.2 Å². The van der Waals surface area contributed by atoms with Gasteiger partial charge in [-0.3, -0.25) is 29.8 Å². The molecule has 2 amide bonds. The SMILES string of the molecule is CC(=O)Nc1ccc(-c2cc3cc([N+](=O)[O-])cnc3[nH]2)cc1.CC(=O)Nc1ccc(C#Cc2cc([N+](=O)[O-])cnc2N)cc1. The van der Waals surface area contributed by atoms with E-state index in [1.54, 1.807) is 36.4 Å². The fourth-order valence-electron chi connectivity index (χ4n) is 3.84. The monoisotopic (exact) mass is 592 g/mol. The molecule has 0 aliphatic rings. The first-order valence-electron chi connectivity index (χ1n) is 12.8. The van der Waals surface area contributed by atoms with Crippen molar-refractivity contribution in [1.29, 1.82) is 0 Å². The molecule has 14 nitrogen and oxygen atoms in total. The van der Waals surface area contributed by atoms with Gasteiger partial charge in [-0.15, -0.1) is 0 Å². The number of nitrogens with one attached hydrogen (secondary N) is 3. The number of anilines is 3. The van der Waals surface area contributed by atoms with Crippen LogP contribution in [-0.2, 0) is 9.59 Å². The number of hydrogen-bond acceptors (Lipinski definition) is 9. The molecule has 0 saturated carbocycles. The van der Waals surface area contributed by atoms with Gasteiger partial charge in [-0.2, -0.15) is 0 Å². The van der Waals surface area contributed by atoms with Crippen LogP contribution in [0.1, 0.15) is 25.0 Å². The third-order valence-corrected chi connectivity index (χ3v) is 5.84. The molecule has 0 unspecified atom stereocenters. The van der Waals surface area contributed by atoms with Crippen molar-refractivity contribution in [1.82, 2.24) is 15.0 Å². The van der Waals surface area contributed by atoms with Crippen molar-refractivity contribution >= 4 is 51.4 Å². The predicted octanol–water partition coefficient (Wildman–Crippen LogP) is 5.03. The summed E-state index contributed by atoms with van der Waals surface area (Å²) in [5, 5.41) is 27.5. The molecule has 0 atom stereocenters. The standard InChI is InChI=1S/2C15H12N4O3/c1-9(20)17-12-4-2-10(3-5-12)14-7-11-6-13(19(21)22)8-16-15(11)18-14;1-10(20)18-13-6-3-11(4-7-13)2-5-12-8-14(19(21)22)9-17-15(12)16/h2-8H,1H3,(H,16,18)(H,17,20);3-4,6-9H,1H3,(H2,16,17)(H,18,20). The van der Waals surface area contributed by atoms with Crippen LogP contribution in [0.4, 0.5) is 28.6 Å². The van der Waals surface area contributed by atoms with Crippen molar-refractivity contribution < 1.29 is 19.4 Å². The van der Waals surface area contributed by atoms with E-state index in [2.05, 4.69) is 37.4 Å². The minimum Gasteiger partial charge on any atom is -0.383 e. The molecule has 44 heavy (non-hydrogen) atoms. The summed E-state index contributed by atoms with van der Waals surface area (Å²) in [6.07, 6.45) is 2.31. The third kappa shape index (κ3) is 7.98. The number of fused-ring (bicyclic) bond motifs is 1. The van der Waals surface area contributed by atoms with Gasteiger partial charge in [0.15, 0.2) is 0 Å². The zero-order valence-corrected chi connectivity index (χ0v) is 23.3. The zero-order valence-electron chi connectivity index (χ0n) is 23.3. The molecule has 2 aromatic carbocycles. The lowest BCUT2D eigenvalue weighted by Gasteiger charge is -2.03. The Bertz CT molecular complexity index is 1940. The first kappa shape index (κ1) is 30.3. The molecule has 3 aromatic heterocycles. The molecule has 0 spiro atoms. The van der Waals surface area contributed by atoms with E-state index < -0.39 is 9.85 Å². The van der Waals surface area contributed by atoms with Crippen LogP contribution in [0, 0.1) is 32.1 Å². The number of pyridine rings is 2. The number of nitrogens with two attached hydrogens (primary N) is 1. The van der Waals surface area contributed by atoms with E-state index >= 15 is 0 Å². The number of aromatic nitrogens is 3. The number of nitrogen functional groups attached to an aromatic ring is 1. The summed E-state index contributed by atoms with van der Waals surface area (Å²) in [7, 11) is 0. The molecule has 5 N–H and O–H groups in total. The van der Waals surface area contributed by atoms with Crippen LogP contribution in [0.5, 0.6) is 0 Å². The summed E-state index contributed by atoms with van der Waals surface area (Å²) >= 11 is 0. The zero-order chi connectivity index (χ0) is 31.8. The highest BCUT2D eigenvalue weighted by atomic mass is 16.6. The molecule has 220 valence electrons. The number of amides is 2. The molecule has 0 aliphatic heterocycles. The third-order valence-electron chi connectivity index (χ3n) is 5.84. The molecular weight excluding hydrogens is 568 g/mol. The number of nitro groups is 2. The number of benzene rings is 2. The first-order chi connectivity index (χ1) is 21.0. The van der Waals surface area contributed by atoms with Crippen molar-refractivity contribution in [3.05, 3.63) is 110 Å². The fourth-order valence-corrected chi connectivity index (χ4v) is 3.84. The van der Waals surface area contributed by atoms with Crippen molar-refractivity contribution in [2.75, 3.05) is 16.4 Å². The summed E-state index contributed by atoms with van der Waals surface area (Å²) in [6.45, 7) is 2.87. The smallest absolute Gasteiger partial charge is 0.288 e. The lowest BCUT2D eigenvalue weighted by molar-refractivity contribution is -0.385. The highest BCUT2D eigenvalue weighted by Crippen LogP contribution is 2.26. The number of carbonyl (C=O) groups excluding carboxylic acids is 2. The topological polar surface area (TPSA) is 212 Å². The van der Waals surface area contributed by atoms with E-state index in [0.29, 0.717) is 33.5 Å². The number of rotatable bonds is 5. The average molecular weight is 593 g/mol. The van der Waals surface area contributed by atoms with Crippen molar-refractivity contribution in [2.45, 2.75) is 13.8 Å². The Balaban J connectivity index is 0.000000201. The van der Waals surface area contributed by atoms with E-state index in [4.69, 9.17) is 5.73 Å². The Morgan fingerprint density at radius 2 is 1.34 bits per heavy atom. The van der Waals surface area contributed by atoms with E-state index in [-0.39, 0.29) is 29.0 Å². The minimum atomic E-state index is -0.556. The minimum absolute atomic E-state index is 0.0425. The van der Waals surface area contributed by atoms with Crippen LogP contribution in [0.2, 0.25) is 0 Å². The number of H-pyrrole nitrogens is 1. The molecule has 3 heterocycles. The highest BCUT2D eigenvalue weighted by Gasteiger charge is 2.11. The van der Waals surface area contributed by atoms with Crippen LogP contribution in [-0.4, -0.2) is 36.6 Å². The average Bonchev–Trinajstić information content (AvgIpc) is 3.41. The normalized spacial score (nSPS) is 10.0. The van der Waals surface area contributed by atoms with Gasteiger partial charge in [0.05, 0.1) is 15.4 Å². The summed E-state index contributed by atoms with van der Waals surface area (Å²) in [5.41, 5.74) is 10.1. The quantitative estimate of drug-likeness (QED) is 0.122. The second kappa shape index (κ2) is 13.4. The molecule has 5 rings (SSSR count). The molecule has 14 heteroatoms.